The fraction of sp³-hybridized carbons (Fsp3) is 0.625. The molecule has 0 radical (unpaired) electrons. The lowest BCUT2D eigenvalue weighted by atomic mass is 9.81. The van der Waals surface area contributed by atoms with E-state index in [1.54, 1.807) is 0 Å². The maximum atomic E-state index is 6.16. The van der Waals surface area contributed by atoms with Crippen molar-refractivity contribution in [3.63, 3.8) is 0 Å². The lowest BCUT2D eigenvalue weighted by Gasteiger charge is -2.48. The van der Waals surface area contributed by atoms with Crippen molar-refractivity contribution in [1.82, 2.24) is 0 Å². The molecule has 0 amide bonds. The zero-order chi connectivity index (χ0) is 12.8. The molecule has 1 aliphatic carbocycles. The largest absolute Gasteiger partial charge is 0.370 e. The van der Waals surface area contributed by atoms with Crippen LogP contribution in [0.5, 0.6) is 0 Å². The molecule has 3 aliphatic rings. The maximum Gasteiger partial charge on any atom is 0.0951 e. The Morgan fingerprint density at radius 2 is 2.00 bits per heavy atom. The van der Waals surface area contributed by atoms with Gasteiger partial charge in [-0.3, -0.25) is 0 Å². The highest BCUT2D eigenvalue weighted by molar-refractivity contribution is 5.17. The first-order chi connectivity index (χ1) is 8.54. The van der Waals surface area contributed by atoms with Crippen LogP contribution in [0, 0.1) is 5.92 Å². The third-order valence-electron chi connectivity index (χ3n) is 4.64. The summed E-state index contributed by atoms with van der Waals surface area (Å²) in [5.41, 5.74) is 1.29. The number of rotatable bonds is 4. The van der Waals surface area contributed by atoms with E-state index in [1.807, 2.05) is 6.07 Å². The van der Waals surface area contributed by atoms with Gasteiger partial charge in [-0.1, -0.05) is 44.2 Å². The second-order valence-electron chi connectivity index (χ2n) is 6.30. The Hall–Kier alpha value is -0.860. The summed E-state index contributed by atoms with van der Waals surface area (Å²) >= 11 is 0. The van der Waals surface area contributed by atoms with Crippen LogP contribution in [0.2, 0.25) is 0 Å². The van der Waals surface area contributed by atoms with Gasteiger partial charge in [0, 0.05) is 12.8 Å². The average Bonchev–Trinajstić information content (AvgIpc) is 2.76. The molecule has 1 saturated carbocycles. The SMILES string of the molecule is CC(C)C12CC(OCc3ccccc3)C(C)(C1)O2. The van der Waals surface area contributed by atoms with E-state index in [9.17, 15) is 0 Å². The van der Waals surface area contributed by atoms with Crippen LogP contribution in [0.25, 0.3) is 0 Å². The van der Waals surface area contributed by atoms with Crippen LogP contribution in [0.1, 0.15) is 39.2 Å². The van der Waals surface area contributed by atoms with Crippen molar-refractivity contribution < 1.29 is 9.47 Å². The molecular formula is C16H22O2. The van der Waals surface area contributed by atoms with Crippen LogP contribution in [0.15, 0.2) is 30.3 Å². The molecule has 2 bridgehead atoms. The standard InChI is InChI=1S/C16H22O2/c1-12(2)16-9-14(15(3,11-16)18-16)17-10-13-7-5-4-6-8-13/h4-8,12,14H,9-11H2,1-3H3. The van der Waals surface area contributed by atoms with Gasteiger partial charge in [0.15, 0.2) is 0 Å². The first kappa shape index (κ1) is 12.2. The second kappa shape index (κ2) is 4.07. The molecule has 0 aromatic heterocycles. The summed E-state index contributed by atoms with van der Waals surface area (Å²) in [5.74, 6) is 0.580. The number of ether oxygens (including phenoxy) is 2. The van der Waals surface area contributed by atoms with E-state index in [-0.39, 0.29) is 17.3 Å². The number of benzene rings is 1. The van der Waals surface area contributed by atoms with Gasteiger partial charge >= 0.3 is 0 Å². The van der Waals surface area contributed by atoms with Gasteiger partial charge in [0.05, 0.1) is 23.9 Å². The zero-order valence-corrected chi connectivity index (χ0v) is 11.5. The molecule has 1 aromatic rings. The highest BCUT2D eigenvalue weighted by atomic mass is 16.6. The fourth-order valence-electron chi connectivity index (χ4n) is 3.44. The molecule has 98 valence electrons. The molecule has 18 heavy (non-hydrogen) atoms. The van der Waals surface area contributed by atoms with Crippen molar-refractivity contribution in [3.8, 4) is 0 Å². The van der Waals surface area contributed by atoms with E-state index in [0.717, 1.165) is 12.8 Å². The Labute approximate surface area is 109 Å². The molecule has 4 rings (SSSR count). The zero-order valence-electron chi connectivity index (χ0n) is 11.5. The van der Waals surface area contributed by atoms with Gasteiger partial charge in [-0.15, -0.1) is 0 Å². The van der Waals surface area contributed by atoms with Crippen molar-refractivity contribution in [2.45, 2.75) is 57.5 Å². The first-order valence-corrected chi connectivity index (χ1v) is 6.90. The van der Waals surface area contributed by atoms with Crippen LogP contribution in [0.3, 0.4) is 0 Å². The normalized spacial score (nSPS) is 37.9. The van der Waals surface area contributed by atoms with Gasteiger partial charge in [-0.05, 0) is 18.4 Å². The Balaban J connectivity index is 1.62. The molecule has 3 atom stereocenters. The van der Waals surface area contributed by atoms with Crippen LogP contribution in [0.4, 0.5) is 0 Å². The number of hydrogen-bond acceptors (Lipinski definition) is 2. The van der Waals surface area contributed by atoms with E-state index in [0.29, 0.717) is 12.5 Å². The predicted octanol–water partition coefficient (Wildman–Crippen LogP) is 3.55. The molecule has 3 fully saturated rings. The fourth-order valence-corrected chi connectivity index (χ4v) is 3.44. The van der Waals surface area contributed by atoms with Gasteiger partial charge < -0.3 is 9.47 Å². The summed E-state index contributed by atoms with van der Waals surface area (Å²) < 4.78 is 12.3. The summed E-state index contributed by atoms with van der Waals surface area (Å²) in [6.07, 6.45) is 2.45. The summed E-state index contributed by atoms with van der Waals surface area (Å²) in [5, 5.41) is 0. The second-order valence-corrected chi connectivity index (χ2v) is 6.30. The Morgan fingerprint density at radius 1 is 1.33 bits per heavy atom. The van der Waals surface area contributed by atoms with E-state index in [2.05, 4.69) is 45.0 Å². The van der Waals surface area contributed by atoms with Crippen molar-refractivity contribution in [1.29, 1.82) is 0 Å². The van der Waals surface area contributed by atoms with Gasteiger partial charge in [-0.25, -0.2) is 0 Å². The predicted molar refractivity (Wildman–Crippen MR) is 71.3 cm³/mol. The van der Waals surface area contributed by atoms with Crippen LogP contribution in [-0.2, 0) is 16.1 Å². The number of fused-ring (bicyclic) bond motifs is 1. The van der Waals surface area contributed by atoms with Crippen molar-refractivity contribution in [3.05, 3.63) is 35.9 Å². The van der Waals surface area contributed by atoms with Gasteiger partial charge in [0.25, 0.3) is 0 Å². The Morgan fingerprint density at radius 3 is 2.56 bits per heavy atom. The first-order valence-electron chi connectivity index (χ1n) is 6.90. The minimum Gasteiger partial charge on any atom is -0.370 e. The van der Waals surface area contributed by atoms with Gasteiger partial charge in [0.2, 0.25) is 0 Å². The third kappa shape index (κ3) is 1.79. The summed E-state index contributed by atoms with van der Waals surface area (Å²) in [4.78, 5) is 0. The molecule has 0 N–H and O–H groups in total. The monoisotopic (exact) mass is 246 g/mol. The van der Waals surface area contributed by atoms with E-state index >= 15 is 0 Å². The molecule has 2 heterocycles. The van der Waals surface area contributed by atoms with Crippen molar-refractivity contribution in [2.75, 3.05) is 0 Å². The topological polar surface area (TPSA) is 18.5 Å². The summed E-state index contributed by atoms with van der Waals surface area (Å²) in [6, 6.07) is 10.4. The van der Waals surface area contributed by atoms with Gasteiger partial charge in [0.1, 0.15) is 0 Å². The van der Waals surface area contributed by atoms with Crippen LogP contribution >= 0.6 is 0 Å². The minimum atomic E-state index is -0.0426. The van der Waals surface area contributed by atoms with Crippen LogP contribution < -0.4 is 0 Å². The summed E-state index contributed by atoms with van der Waals surface area (Å²) in [6.45, 7) is 7.38. The number of hydrogen-bond donors (Lipinski definition) is 0. The van der Waals surface area contributed by atoms with E-state index in [4.69, 9.17) is 9.47 Å². The summed E-state index contributed by atoms with van der Waals surface area (Å²) in [7, 11) is 0. The molecule has 2 saturated heterocycles. The molecule has 2 heteroatoms. The molecule has 3 unspecified atom stereocenters. The Bertz CT molecular complexity index is 418. The van der Waals surface area contributed by atoms with Gasteiger partial charge in [-0.2, -0.15) is 0 Å². The van der Waals surface area contributed by atoms with Crippen molar-refractivity contribution >= 4 is 0 Å². The highest BCUT2D eigenvalue weighted by Crippen LogP contribution is 2.59. The maximum absolute atomic E-state index is 6.16. The Kier molecular flexibility index (Phi) is 2.76. The molecule has 0 spiro atoms. The lowest BCUT2D eigenvalue weighted by Crippen LogP contribution is -2.54. The van der Waals surface area contributed by atoms with Crippen molar-refractivity contribution in [2.24, 2.45) is 5.92 Å². The minimum absolute atomic E-state index is 0.0426. The molecule has 1 aromatic carbocycles. The highest BCUT2D eigenvalue weighted by Gasteiger charge is 2.67. The molecule has 2 aliphatic heterocycles. The quantitative estimate of drug-likeness (QED) is 0.809. The van der Waals surface area contributed by atoms with E-state index < -0.39 is 0 Å². The average molecular weight is 246 g/mol. The van der Waals surface area contributed by atoms with Crippen LogP contribution in [-0.4, -0.2) is 17.3 Å². The van der Waals surface area contributed by atoms with E-state index in [1.165, 1.54) is 5.56 Å². The third-order valence-corrected chi connectivity index (χ3v) is 4.64. The molecular weight excluding hydrogens is 224 g/mol. The smallest absolute Gasteiger partial charge is 0.0951 e. The molecule has 2 nitrogen and oxygen atoms in total. The lowest BCUT2D eigenvalue weighted by molar-refractivity contribution is -0.247.